The molecule has 0 fully saturated rings. The predicted molar refractivity (Wildman–Crippen MR) is 97.7 cm³/mol. The third-order valence-corrected chi connectivity index (χ3v) is 4.24. The minimum Gasteiger partial charge on any atom is -0.491 e. The zero-order chi connectivity index (χ0) is 18.7. The van der Waals surface area contributed by atoms with Gasteiger partial charge in [0.25, 0.3) is 0 Å². The van der Waals surface area contributed by atoms with E-state index in [1.54, 1.807) is 17.0 Å². The van der Waals surface area contributed by atoms with Crippen LogP contribution < -0.4 is 4.74 Å². The van der Waals surface area contributed by atoms with Crippen LogP contribution in [0.5, 0.6) is 5.75 Å². The summed E-state index contributed by atoms with van der Waals surface area (Å²) in [6.07, 6.45) is 0.408. The first-order valence-electron chi connectivity index (χ1n) is 8.79. The molecule has 0 bridgehead atoms. The molecule has 1 heterocycles. The number of benzene rings is 2. The molecule has 0 spiro atoms. The lowest BCUT2D eigenvalue weighted by Gasteiger charge is -2.37. The van der Waals surface area contributed by atoms with Crippen molar-refractivity contribution >= 4 is 6.09 Å². The van der Waals surface area contributed by atoms with E-state index in [0.29, 0.717) is 12.3 Å². The van der Waals surface area contributed by atoms with Gasteiger partial charge in [-0.15, -0.1) is 0 Å². The normalized spacial score (nSPS) is 16.8. The highest BCUT2D eigenvalue weighted by atomic mass is 19.1. The predicted octanol–water partition coefficient (Wildman–Crippen LogP) is 4.74. The Morgan fingerprint density at radius 2 is 1.96 bits per heavy atom. The van der Waals surface area contributed by atoms with Crippen LogP contribution in [0.1, 0.15) is 37.9 Å². The number of hydrogen-bond acceptors (Lipinski definition) is 3. The van der Waals surface area contributed by atoms with Crippen LogP contribution in [0, 0.1) is 5.82 Å². The minimum absolute atomic E-state index is 0.236. The van der Waals surface area contributed by atoms with Crippen LogP contribution in [0.25, 0.3) is 0 Å². The Bertz CT molecular complexity index is 785. The lowest BCUT2D eigenvalue weighted by Crippen LogP contribution is -2.45. The number of carbonyl (C=O) groups is 1. The minimum atomic E-state index is -0.567. The molecule has 0 saturated carbocycles. The molecule has 1 amide bonds. The molecule has 26 heavy (non-hydrogen) atoms. The second kappa shape index (κ2) is 7.36. The van der Waals surface area contributed by atoms with E-state index in [9.17, 15) is 9.18 Å². The maximum atomic E-state index is 13.4. The third-order valence-electron chi connectivity index (χ3n) is 4.24. The Labute approximate surface area is 153 Å². The van der Waals surface area contributed by atoms with Crippen LogP contribution in [-0.2, 0) is 11.2 Å². The van der Waals surface area contributed by atoms with E-state index in [1.807, 2.05) is 39.0 Å². The summed E-state index contributed by atoms with van der Waals surface area (Å²) in [6, 6.07) is 13.8. The number of fused-ring (bicyclic) bond motifs is 1. The molecular formula is C21H24FNO3. The third kappa shape index (κ3) is 4.34. The van der Waals surface area contributed by atoms with Crippen LogP contribution in [0.4, 0.5) is 9.18 Å². The van der Waals surface area contributed by atoms with Crippen molar-refractivity contribution < 1.29 is 18.7 Å². The average molecular weight is 357 g/mol. The second-order valence-electron chi connectivity index (χ2n) is 7.41. The Balaban J connectivity index is 1.83. The summed E-state index contributed by atoms with van der Waals surface area (Å²) in [5, 5.41) is 0. The van der Waals surface area contributed by atoms with Gasteiger partial charge in [-0.1, -0.05) is 30.3 Å². The van der Waals surface area contributed by atoms with E-state index in [1.165, 1.54) is 17.7 Å². The van der Waals surface area contributed by atoms with Crippen LogP contribution in [0.3, 0.4) is 0 Å². The summed E-state index contributed by atoms with van der Waals surface area (Å²) >= 11 is 0. The maximum Gasteiger partial charge on any atom is 0.410 e. The van der Waals surface area contributed by atoms with Crippen molar-refractivity contribution in [1.29, 1.82) is 0 Å². The smallest absolute Gasteiger partial charge is 0.410 e. The largest absolute Gasteiger partial charge is 0.491 e. The summed E-state index contributed by atoms with van der Waals surface area (Å²) < 4.78 is 24.8. The van der Waals surface area contributed by atoms with Crippen molar-refractivity contribution in [3.05, 3.63) is 65.5 Å². The van der Waals surface area contributed by atoms with Gasteiger partial charge in [0.15, 0.2) is 0 Å². The molecular weight excluding hydrogens is 333 g/mol. The first-order valence-corrected chi connectivity index (χ1v) is 8.79. The number of ether oxygens (including phenoxy) is 2. The van der Waals surface area contributed by atoms with Gasteiger partial charge in [-0.2, -0.15) is 0 Å². The Morgan fingerprint density at radius 3 is 2.69 bits per heavy atom. The summed E-state index contributed by atoms with van der Waals surface area (Å²) in [4.78, 5) is 14.4. The molecule has 1 aliphatic rings. The molecule has 0 saturated heterocycles. The van der Waals surface area contributed by atoms with Gasteiger partial charge in [-0.25, -0.2) is 9.18 Å². The van der Waals surface area contributed by atoms with Crippen molar-refractivity contribution in [2.24, 2.45) is 0 Å². The summed E-state index contributed by atoms with van der Waals surface area (Å²) in [7, 11) is 0. The molecule has 5 heteroatoms. The summed E-state index contributed by atoms with van der Waals surface area (Å²) in [5.74, 6) is 0.0905. The van der Waals surface area contributed by atoms with Crippen molar-refractivity contribution in [2.75, 3.05) is 13.2 Å². The van der Waals surface area contributed by atoms with Gasteiger partial charge in [-0.05, 0) is 50.5 Å². The topological polar surface area (TPSA) is 38.8 Å². The van der Waals surface area contributed by atoms with Gasteiger partial charge in [0.1, 0.15) is 23.8 Å². The highest BCUT2D eigenvalue weighted by Gasteiger charge is 2.34. The van der Waals surface area contributed by atoms with E-state index in [2.05, 4.69) is 6.07 Å². The van der Waals surface area contributed by atoms with Crippen LogP contribution >= 0.6 is 0 Å². The molecule has 1 aliphatic heterocycles. The summed E-state index contributed by atoms with van der Waals surface area (Å²) in [6.45, 7) is 6.34. The molecule has 0 aromatic heterocycles. The quantitative estimate of drug-likeness (QED) is 0.796. The molecule has 3 rings (SSSR count). The maximum absolute atomic E-state index is 13.4. The molecule has 1 atom stereocenters. The fourth-order valence-corrected chi connectivity index (χ4v) is 3.10. The molecule has 0 N–H and O–H groups in total. The van der Waals surface area contributed by atoms with Gasteiger partial charge in [0.2, 0.25) is 0 Å². The number of nitrogens with zero attached hydrogens (tertiary/aromatic N) is 1. The number of amides is 1. The lowest BCUT2D eigenvalue weighted by molar-refractivity contribution is 0.00852. The van der Waals surface area contributed by atoms with Crippen LogP contribution in [-0.4, -0.2) is 29.7 Å². The molecule has 4 nitrogen and oxygen atoms in total. The molecule has 0 radical (unpaired) electrons. The fourth-order valence-electron chi connectivity index (χ4n) is 3.10. The lowest BCUT2D eigenvalue weighted by atomic mass is 9.93. The first-order chi connectivity index (χ1) is 12.3. The number of carbonyl (C=O) groups excluding carboxylic acids is 1. The van der Waals surface area contributed by atoms with Crippen molar-refractivity contribution in [3.8, 4) is 5.75 Å². The monoisotopic (exact) mass is 357 g/mol. The molecule has 0 aliphatic carbocycles. The van der Waals surface area contributed by atoms with E-state index in [4.69, 9.17) is 9.47 Å². The molecule has 2 aromatic carbocycles. The zero-order valence-electron chi connectivity index (χ0n) is 15.4. The average Bonchev–Trinajstić information content (AvgIpc) is 2.58. The van der Waals surface area contributed by atoms with Crippen LogP contribution in [0.15, 0.2) is 48.5 Å². The van der Waals surface area contributed by atoms with E-state index < -0.39 is 5.60 Å². The molecule has 1 unspecified atom stereocenters. The Morgan fingerprint density at radius 1 is 1.19 bits per heavy atom. The molecule has 2 aromatic rings. The van der Waals surface area contributed by atoms with Crippen molar-refractivity contribution in [2.45, 2.75) is 38.8 Å². The fraction of sp³-hybridized carbons (Fsp3) is 0.381. The highest BCUT2D eigenvalue weighted by Crippen LogP contribution is 2.31. The second-order valence-corrected chi connectivity index (χ2v) is 7.41. The van der Waals surface area contributed by atoms with Gasteiger partial charge in [-0.3, -0.25) is 4.90 Å². The van der Waals surface area contributed by atoms with Gasteiger partial charge in [0, 0.05) is 12.6 Å². The zero-order valence-corrected chi connectivity index (χ0v) is 15.4. The standard InChI is InChI=1S/C21H24FNO3/c1-21(2,3)26-20(24)23-12-11-15-7-4-5-10-18(15)19(23)14-25-17-9-6-8-16(22)13-17/h4-10,13,19H,11-12,14H2,1-3H3. The SMILES string of the molecule is CC(C)(C)OC(=O)N1CCc2ccccc2C1COc1cccc(F)c1. The van der Waals surface area contributed by atoms with Gasteiger partial charge in [0.05, 0.1) is 6.04 Å². The Kier molecular flexibility index (Phi) is 5.16. The van der Waals surface area contributed by atoms with Gasteiger partial charge < -0.3 is 9.47 Å². The highest BCUT2D eigenvalue weighted by molar-refractivity contribution is 5.69. The van der Waals surface area contributed by atoms with Crippen molar-refractivity contribution in [1.82, 2.24) is 4.90 Å². The summed E-state index contributed by atoms with van der Waals surface area (Å²) in [5.41, 5.74) is 1.67. The van der Waals surface area contributed by atoms with Crippen molar-refractivity contribution in [3.63, 3.8) is 0 Å². The van der Waals surface area contributed by atoms with E-state index >= 15 is 0 Å². The first kappa shape index (κ1) is 18.2. The van der Waals surface area contributed by atoms with Crippen LogP contribution in [0.2, 0.25) is 0 Å². The Hall–Kier alpha value is -2.56. The van der Waals surface area contributed by atoms with E-state index in [-0.39, 0.29) is 24.6 Å². The molecule has 138 valence electrons. The number of rotatable bonds is 3. The van der Waals surface area contributed by atoms with Gasteiger partial charge >= 0.3 is 6.09 Å². The van der Waals surface area contributed by atoms with E-state index in [0.717, 1.165) is 12.0 Å². The number of hydrogen-bond donors (Lipinski definition) is 0. The number of halogens is 1.